The molecule has 3 nitrogen and oxygen atoms in total. The van der Waals surface area contributed by atoms with Crippen LogP contribution in [-0.2, 0) is 0 Å². The molecule has 0 aliphatic heterocycles. The van der Waals surface area contributed by atoms with Gasteiger partial charge in [0.15, 0.2) is 0 Å². The highest BCUT2D eigenvalue weighted by atomic mass is 15.2. The molecule has 1 aliphatic rings. The van der Waals surface area contributed by atoms with Crippen LogP contribution in [0.5, 0.6) is 0 Å². The highest BCUT2D eigenvalue weighted by molar-refractivity contribution is 4.77. The topological polar surface area (TPSA) is 55.3 Å². The highest BCUT2D eigenvalue weighted by Gasteiger charge is 2.21. The second kappa shape index (κ2) is 7.21. The molecule has 0 spiro atoms. The Morgan fingerprint density at radius 2 is 1.43 bits per heavy atom. The second-order valence-electron chi connectivity index (χ2n) is 4.26. The summed E-state index contributed by atoms with van der Waals surface area (Å²) in [7, 11) is 0. The van der Waals surface area contributed by atoms with Crippen molar-refractivity contribution in [3.8, 4) is 0 Å². The predicted molar refractivity (Wildman–Crippen MR) is 61.2 cm³/mol. The third-order valence-electron chi connectivity index (χ3n) is 3.14. The van der Waals surface area contributed by atoms with Crippen LogP contribution in [0.1, 0.15) is 38.5 Å². The van der Waals surface area contributed by atoms with Crippen molar-refractivity contribution in [3.05, 3.63) is 0 Å². The molecule has 0 aromatic rings. The fraction of sp³-hybridized carbons (Fsp3) is 1.00. The van der Waals surface area contributed by atoms with E-state index in [2.05, 4.69) is 4.90 Å². The Labute approximate surface area is 87.8 Å². The van der Waals surface area contributed by atoms with Crippen LogP contribution in [0.2, 0.25) is 0 Å². The lowest BCUT2D eigenvalue weighted by Gasteiger charge is -2.28. The van der Waals surface area contributed by atoms with Crippen molar-refractivity contribution in [3.63, 3.8) is 0 Å². The third-order valence-corrected chi connectivity index (χ3v) is 3.14. The lowest BCUT2D eigenvalue weighted by molar-refractivity contribution is 0.196. The molecule has 1 saturated carbocycles. The Bertz CT molecular complexity index is 124. The number of nitrogens with two attached hydrogens (primary N) is 2. The third kappa shape index (κ3) is 3.95. The maximum atomic E-state index is 5.55. The van der Waals surface area contributed by atoms with Gasteiger partial charge in [-0.25, -0.2) is 0 Å². The first-order valence-electron chi connectivity index (χ1n) is 6.02. The second-order valence-corrected chi connectivity index (χ2v) is 4.26. The first-order chi connectivity index (χ1) is 6.88. The van der Waals surface area contributed by atoms with Crippen LogP contribution in [0.15, 0.2) is 0 Å². The standard InChI is InChI=1S/C11H25N3/c12-7-3-9-14(10-4-8-13)11-5-1-2-6-11/h11H,1-10,12-13H2. The molecular formula is C11H25N3. The molecule has 0 heterocycles. The summed E-state index contributed by atoms with van der Waals surface area (Å²) >= 11 is 0. The molecule has 0 bridgehead atoms. The fourth-order valence-corrected chi connectivity index (χ4v) is 2.34. The molecule has 0 atom stereocenters. The van der Waals surface area contributed by atoms with E-state index in [9.17, 15) is 0 Å². The van der Waals surface area contributed by atoms with Crippen molar-refractivity contribution in [2.24, 2.45) is 11.5 Å². The Hall–Kier alpha value is -0.120. The van der Waals surface area contributed by atoms with E-state index in [4.69, 9.17) is 11.5 Å². The Morgan fingerprint density at radius 3 is 1.86 bits per heavy atom. The zero-order valence-electron chi connectivity index (χ0n) is 9.25. The average Bonchev–Trinajstić information content (AvgIpc) is 2.71. The van der Waals surface area contributed by atoms with Gasteiger partial charge in [0.05, 0.1) is 0 Å². The maximum Gasteiger partial charge on any atom is 0.00952 e. The highest BCUT2D eigenvalue weighted by Crippen LogP contribution is 2.23. The van der Waals surface area contributed by atoms with Crippen molar-refractivity contribution < 1.29 is 0 Å². The van der Waals surface area contributed by atoms with Gasteiger partial charge in [-0.2, -0.15) is 0 Å². The lowest BCUT2D eigenvalue weighted by Crippen LogP contribution is -2.36. The van der Waals surface area contributed by atoms with E-state index in [1.165, 1.54) is 38.8 Å². The van der Waals surface area contributed by atoms with E-state index in [1.807, 2.05) is 0 Å². The van der Waals surface area contributed by atoms with Gasteiger partial charge in [-0.1, -0.05) is 12.8 Å². The molecule has 4 N–H and O–H groups in total. The van der Waals surface area contributed by atoms with Gasteiger partial charge in [-0.3, -0.25) is 0 Å². The summed E-state index contributed by atoms with van der Waals surface area (Å²) in [6.45, 7) is 3.96. The summed E-state index contributed by atoms with van der Waals surface area (Å²) in [5.41, 5.74) is 11.1. The Morgan fingerprint density at radius 1 is 0.929 bits per heavy atom. The summed E-state index contributed by atoms with van der Waals surface area (Å²) in [6, 6.07) is 0.827. The van der Waals surface area contributed by atoms with E-state index >= 15 is 0 Å². The normalized spacial score (nSPS) is 18.2. The number of nitrogens with zero attached hydrogens (tertiary/aromatic N) is 1. The molecule has 1 aliphatic carbocycles. The Balaban J connectivity index is 2.26. The van der Waals surface area contributed by atoms with E-state index in [1.54, 1.807) is 0 Å². The summed E-state index contributed by atoms with van der Waals surface area (Å²) in [5.74, 6) is 0. The largest absolute Gasteiger partial charge is 0.330 e. The summed E-state index contributed by atoms with van der Waals surface area (Å²) in [6.07, 6.45) is 7.84. The Kier molecular flexibility index (Phi) is 6.15. The van der Waals surface area contributed by atoms with Gasteiger partial charge >= 0.3 is 0 Å². The zero-order valence-corrected chi connectivity index (χ0v) is 9.25. The van der Waals surface area contributed by atoms with Gasteiger partial charge in [-0.15, -0.1) is 0 Å². The summed E-state index contributed by atoms with van der Waals surface area (Å²) < 4.78 is 0. The SMILES string of the molecule is NCCCN(CCCN)C1CCCC1. The number of rotatable bonds is 7. The van der Waals surface area contributed by atoms with Crippen LogP contribution in [-0.4, -0.2) is 37.1 Å². The number of hydrogen-bond acceptors (Lipinski definition) is 3. The van der Waals surface area contributed by atoms with Crippen molar-refractivity contribution >= 4 is 0 Å². The van der Waals surface area contributed by atoms with Crippen LogP contribution >= 0.6 is 0 Å². The molecule has 0 radical (unpaired) electrons. The molecule has 84 valence electrons. The van der Waals surface area contributed by atoms with Gasteiger partial charge in [-0.05, 0) is 51.9 Å². The van der Waals surface area contributed by atoms with Crippen LogP contribution < -0.4 is 11.5 Å². The molecule has 0 saturated heterocycles. The zero-order chi connectivity index (χ0) is 10.2. The lowest BCUT2D eigenvalue weighted by atomic mass is 10.2. The average molecular weight is 199 g/mol. The van der Waals surface area contributed by atoms with Crippen LogP contribution in [0, 0.1) is 0 Å². The van der Waals surface area contributed by atoms with Crippen molar-refractivity contribution in [1.29, 1.82) is 0 Å². The molecular weight excluding hydrogens is 174 g/mol. The first-order valence-corrected chi connectivity index (χ1v) is 6.02. The molecule has 1 rings (SSSR count). The van der Waals surface area contributed by atoms with Gasteiger partial charge in [0.2, 0.25) is 0 Å². The smallest absolute Gasteiger partial charge is 0.00952 e. The minimum atomic E-state index is 0.811. The molecule has 1 fully saturated rings. The quantitative estimate of drug-likeness (QED) is 0.641. The maximum absolute atomic E-state index is 5.55. The molecule has 0 amide bonds. The molecule has 3 heteroatoms. The monoisotopic (exact) mass is 199 g/mol. The molecule has 14 heavy (non-hydrogen) atoms. The van der Waals surface area contributed by atoms with E-state index in [0.29, 0.717) is 0 Å². The van der Waals surface area contributed by atoms with Crippen molar-refractivity contribution in [2.45, 2.75) is 44.6 Å². The van der Waals surface area contributed by atoms with Gasteiger partial charge in [0.1, 0.15) is 0 Å². The van der Waals surface area contributed by atoms with E-state index in [0.717, 1.165) is 32.0 Å². The molecule has 0 aromatic heterocycles. The van der Waals surface area contributed by atoms with Gasteiger partial charge in [0.25, 0.3) is 0 Å². The number of hydrogen-bond donors (Lipinski definition) is 2. The minimum absolute atomic E-state index is 0.811. The van der Waals surface area contributed by atoms with Crippen molar-refractivity contribution in [2.75, 3.05) is 26.2 Å². The van der Waals surface area contributed by atoms with Crippen LogP contribution in [0.4, 0.5) is 0 Å². The summed E-state index contributed by atoms with van der Waals surface area (Å²) in [5, 5.41) is 0. The fourth-order valence-electron chi connectivity index (χ4n) is 2.34. The van der Waals surface area contributed by atoms with Crippen molar-refractivity contribution in [1.82, 2.24) is 4.90 Å². The van der Waals surface area contributed by atoms with Crippen LogP contribution in [0.3, 0.4) is 0 Å². The van der Waals surface area contributed by atoms with E-state index < -0.39 is 0 Å². The first kappa shape index (κ1) is 12.0. The molecule has 0 unspecified atom stereocenters. The van der Waals surface area contributed by atoms with Crippen LogP contribution in [0.25, 0.3) is 0 Å². The minimum Gasteiger partial charge on any atom is -0.330 e. The predicted octanol–water partition coefficient (Wildman–Crippen LogP) is 0.929. The molecule has 0 aromatic carbocycles. The summed E-state index contributed by atoms with van der Waals surface area (Å²) in [4.78, 5) is 2.60. The van der Waals surface area contributed by atoms with Gasteiger partial charge < -0.3 is 16.4 Å². The van der Waals surface area contributed by atoms with E-state index in [-0.39, 0.29) is 0 Å². The van der Waals surface area contributed by atoms with Gasteiger partial charge in [0, 0.05) is 6.04 Å².